The minimum atomic E-state index is -0.415. The molecule has 4 aromatic rings. The van der Waals surface area contributed by atoms with Crippen molar-refractivity contribution in [3.63, 3.8) is 0 Å². The molecule has 0 unspecified atom stereocenters. The fourth-order valence-electron chi connectivity index (χ4n) is 3.59. The van der Waals surface area contributed by atoms with Gasteiger partial charge in [0.05, 0.1) is 16.8 Å². The molecule has 2 aromatic heterocycles. The van der Waals surface area contributed by atoms with Gasteiger partial charge in [-0.05, 0) is 50.2 Å². The fraction of sp³-hybridized carbons (Fsp3) is 0.250. The van der Waals surface area contributed by atoms with Crippen LogP contribution in [0.25, 0.3) is 21.6 Å². The van der Waals surface area contributed by atoms with E-state index in [1.54, 1.807) is 31.2 Å². The summed E-state index contributed by atoms with van der Waals surface area (Å²) in [6.45, 7) is 3.71. The average molecular weight is 499 g/mol. The number of thiazole rings is 1. The maximum absolute atomic E-state index is 13.2. The molecule has 176 valence electrons. The highest BCUT2D eigenvalue weighted by atomic mass is 35.5. The second kappa shape index (κ2) is 10.3. The van der Waals surface area contributed by atoms with Gasteiger partial charge in [-0.15, -0.1) is 0 Å². The standard InChI is InChI=1S/C24H23ClN4O4S/c1-3-33-17-8-9-20-19(12-17)27-24(34-20)28-21(31)13-29-22(15-4-6-16(25)7-5-15)26-14(2)18(10-11-30)23(29)32/h4-9,12,30H,3,10-11,13H2,1-2H3,(H,27,28,31). The van der Waals surface area contributed by atoms with Crippen LogP contribution in [0.2, 0.25) is 5.02 Å². The Hall–Kier alpha value is -3.27. The van der Waals surface area contributed by atoms with Crippen LogP contribution in [-0.2, 0) is 17.8 Å². The summed E-state index contributed by atoms with van der Waals surface area (Å²) in [7, 11) is 0. The summed E-state index contributed by atoms with van der Waals surface area (Å²) in [5, 5.41) is 13.1. The first-order valence-corrected chi connectivity index (χ1v) is 11.9. The van der Waals surface area contributed by atoms with Crippen molar-refractivity contribution >= 4 is 44.2 Å². The number of carbonyl (C=O) groups excluding carboxylic acids is 1. The predicted octanol–water partition coefficient (Wildman–Crippen LogP) is 4.05. The molecule has 0 saturated carbocycles. The van der Waals surface area contributed by atoms with Gasteiger partial charge in [0.1, 0.15) is 18.1 Å². The number of aryl methyl sites for hydroxylation is 1. The average Bonchev–Trinajstić information content (AvgIpc) is 3.20. The lowest BCUT2D eigenvalue weighted by Crippen LogP contribution is -2.33. The first-order chi connectivity index (χ1) is 16.4. The highest BCUT2D eigenvalue weighted by molar-refractivity contribution is 7.22. The number of fused-ring (bicyclic) bond motifs is 1. The number of aromatic nitrogens is 3. The van der Waals surface area contributed by atoms with Gasteiger partial charge in [0.15, 0.2) is 5.13 Å². The smallest absolute Gasteiger partial charge is 0.257 e. The summed E-state index contributed by atoms with van der Waals surface area (Å²) in [5.41, 5.74) is 1.88. The molecule has 0 aliphatic rings. The largest absolute Gasteiger partial charge is 0.494 e. The zero-order valence-corrected chi connectivity index (χ0v) is 20.2. The number of nitrogens with zero attached hydrogens (tertiary/aromatic N) is 3. The quantitative estimate of drug-likeness (QED) is 0.379. The third-order valence-corrected chi connectivity index (χ3v) is 6.36. The van der Waals surface area contributed by atoms with E-state index in [0.717, 1.165) is 4.70 Å². The van der Waals surface area contributed by atoms with E-state index in [4.69, 9.17) is 16.3 Å². The maximum atomic E-state index is 13.2. The number of hydrogen-bond acceptors (Lipinski definition) is 7. The third kappa shape index (κ3) is 5.11. The number of rotatable bonds is 8. The molecule has 0 aliphatic heterocycles. The summed E-state index contributed by atoms with van der Waals surface area (Å²) in [6.07, 6.45) is 0.153. The molecular formula is C24H23ClN4O4S. The van der Waals surface area contributed by atoms with Gasteiger partial charge in [0.25, 0.3) is 5.56 Å². The minimum absolute atomic E-state index is 0.153. The highest BCUT2D eigenvalue weighted by Crippen LogP contribution is 2.29. The van der Waals surface area contributed by atoms with Crippen LogP contribution in [-0.4, -0.2) is 38.8 Å². The van der Waals surface area contributed by atoms with Crippen LogP contribution >= 0.6 is 22.9 Å². The fourth-order valence-corrected chi connectivity index (χ4v) is 4.57. The van der Waals surface area contributed by atoms with Crippen molar-refractivity contribution in [2.45, 2.75) is 26.8 Å². The summed E-state index contributed by atoms with van der Waals surface area (Å²) < 4.78 is 7.73. The Bertz CT molecular complexity index is 1400. The van der Waals surface area contributed by atoms with E-state index >= 15 is 0 Å². The Morgan fingerprint density at radius 2 is 1.97 bits per heavy atom. The van der Waals surface area contributed by atoms with Crippen molar-refractivity contribution in [3.05, 3.63) is 69.1 Å². The van der Waals surface area contributed by atoms with Gasteiger partial charge in [-0.1, -0.05) is 22.9 Å². The zero-order valence-electron chi connectivity index (χ0n) is 18.7. The molecule has 10 heteroatoms. The molecular weight excluding hydrogens is 476 g/mol. The molecule has 2 N–H and O–H groups in total. The number of anilines is 1. The predicted molar refractivity (Wildman–Crippen MR) is 134 cm³/mol. The third-order valence-electron chi connectivity index (χ3n) is 5.15. The second-order valence-electron chi connectivity index (χ2n) is 7.50. The van der Waals surface area contributed by atoms with Crippen molar-refractivity contribution in [1.29, 1.82) is 0 Å². The topological polar surface area (TPSA) is 106 Å². The maximum Gasteiger partial charge on any atom is 0.257 e. The van der Waals surface area contributed by atoms with Gasteiger partial charge in [-0.25, -0.2) is 9.97 Å². The van der Waals surface area contributed by atoms with Crippen LogP contribution < -0.4 is 15.6 Å². The molecule has 0 fully saturated rings. The number of hydrogen-bond donors (Lipinski definition) is 2. The summed E-state index contributed by atoms with van der Waals surface area (Å²) in [5.74, 6) is 0.642. The van der Waals surface area contributed by atoms with Crippen LogP contribution in [0.15, 0.2) is 47.3 Å². The Balaban J connectivity index is 1.66. The van der Waals surface area contributed by atoms with E-state index in [0.29, 0.717) is 50.7 Å². The van der Waals surface area contributed by atoms with E-state index in [9.17, 15) is 14.7 Å². The number of halogens is 1. The lowest BCUT2D eigenvalue weighted by Gasteiger charge is -2.15. The van der Waals surface area contributed by atoms with Crippen LogP contribution in [0, 0.1) is 6.92 Å². The van der Waals surface area contributed by atoms with E-state index in [-0.39, 0.29) is 25.1 Å². The number of carbonyl (C=O) groups is 1. The number of amides is 1. The molecule has 0 saturated heterocycles. The molecule has 2 heterocycles. The van der Waals surface area contributed by atoms with Gasteiger partial charge < -0.3 is 15.2 Å². The van der Waals surface area contributed by atoms with E-state index in [1.807, 2.05) is 25.1 Å². The van der Waals surface area contributed by atoms with E-state index < -0.39 is 5.91 Å². The van der Waals surface area contributed by atoms with E-state index in [2.05, 4.69) is 15.3 Å². The van der Waals surface area contributed by atoms with Crippen molar-refractivity contribution in [2.75, 3.05) is 18.5 Å². The zero-order chi connectivity index (χ0) is 24.2. The highest BCUT2D eigenvalue weighted by Gasteiger charge is 2.18. The summed E-state index contributed by atoms with van der Waals surface area (Å²) in [6, 6.07) is 12.4. The van der Waals surface area contributed by atoms with Crippen molar-refractivity contribution in [1.82, 2.24) is 14.5 Å². The lowest BCUT2D eigenvalue weighted by molar-refractivity contribution is -0.116. The first kappa shape index (κ1) is 23.9. The molecule has 8 nitrogen and oxygen atoms in total. The molecule has 4 rings (SSSR count). The Labute approximate surface area is 204 Å². The first-order valence-electron chi connectivity index (χ1n) is 10.7. The molecule has 0 spiro atoms. The Morgan fingerprint density at radius 1 is 1.21 bits per heavy atom. The Kier molecular flexibility index (Phi) is 7.26. The second-order valence-corrected chi connectivity index (χ2v) is 8.97. The number of aliphatic hydroxyl groups excluding tert-OH is 1. The number of aliphatic hydroxyl groups is 1. The molecule has 1 amide bonds. The van der Waals surface area contributed by atoms with Gasteiger partial charge in [0, 0.05) is 40.9 Å². The van der Waals surface area contributed by atoms with Crippen molar-refractivity contribution in [3.8, 4) is 17.1 Å². The van der Waals surface area contributed by atoms with Gasteiger partial charge in [0.2, 0.25) is 5.91 Å². The van der Waals surface area contributed by atoms with Gasteiger partial charge >= 0.3 is 0 Å². The lowest BCUT2D eigenvalue weighted by atomic mass is 10.1. The molecule has 0 aliphatic carbocycles. The summed E-state index contributed by atoms with van der Waals surface area (Å²) in [4.78, 5) is 35.2. The number of nitrogens with one attached hydrogen (secondary N) is 1. The van der Waals surface area contributed by atoms with E-state index in [1.165, 1.54) is 15.9 Å². The SMILES string of the molecule is CCOc1ccc2sc(NC(=O)Cn3c(-c4ccc(Cl)cc4)nc(C)c(CCO)c3=O)nc2c1. The van der Waals surface area contributed by atoms with Crippen LogP contribution in [0.5, 0.6) is 5.75 Å². The molecule has 0 atom stereocenters. The minimum Gasteiger partial charge on any atom is -0.494 e. The molecule has 0 bridgehead atoms. The van der Waals surface area contributed by atoms with Gasteiger partial charge in [-0.2, -0.15) is 0 Å². The van der Waals surface area contributed by atoms with Crippen LogP contribution in [0.3, 0.4) is 0 Å². The summed E-state index contributed by atoms with van der Waals surface area (Å²) >= 11 is 7.34. The van der Waals surface area contributed by atoms with Gasteiger partial charge in [-0.3, -0.25) is 14.2 Å². The van der Waals surface area contributed by atoms with Crippen molar-refractivity contribution in [2.24, 2.45) is 0 Å². The Morgan fingerprint density at radius 3 is 2.68 bits per heavy atom. The van der Waals surface area contributed by atoms with Crippen LogP contribution in [0.4, 0.5) is 5.13 Å². The molecule has 0 radical (unpaired) electrons. The number of benzene rings is 2. The number of ether oxygens (including phenoxy) is 1. The molecule has 2 aromatic carbocycles. The van der Waals surface area contributed by atoms with Crippen molar-refractivity contribution < 1.29 is 14.6 Å². The monoisotopic (exact) mass is 498 g/mol. The van der Waals surface area contributed by atoms with Crippen LogP contribution in [0.1, 0.15) is 18.2 Å². The normalized spacial score (nSPS) is 11.1. The molecule has 34 heavy (non-hydrogen) atoms.